The minimum Gasteiger partial charge on any atom is -0.493 e. The van der Waals surface area contributed by atoms with E-state index in [9.17, 15) is 5.11 Å². The molecule has 0 saturated carbocycles. The van der Waals surface area contributed by atoms with Crippen LogP contribution in [-0.2, 0) is 0 Å². The molecule has 2 N–H and O–H groups in total. The van der Waals surface area contributed by atoms with Gasteiger partial charge < -0.3 is 10.1 Å². The van der Waals surface area contributed by atoms with Crippen LogP contribution < -0.4 is 0 Å². The zero-order valence-electron chi connectivity index (χ0n) is 7.45. The first-order chi connectivity index (χ1) is 6.72. The van der Waals surface area contributed by atoms with Crippen LogP contribution in [-0.4, -0.2) is 17.1 Å². The van der Waals surface area contributed by atoms with E-state index in [-0.39, 0.29) is 5.88 Å². The molecule has 0 saturated heterocycles. The standard InChI is InChI=1S/C9H8BrN3O/c1-11-13-8-6-4-5(10)2-3-7(6)12-9(8)14/h2-4,12,14H,1H3. The molecule has 0 aliphatic carbocycles. The van der Waals surface area contributed by atoms with Crippen molar-refractivity contribution in [2.24, 2.45) is 10.2 Å². The second kappa shape index (κ2) is 3.42. The van der Waals surface area contributed by atoms with E-state index in [0.717, 1.165) is 15.4 Å². The number of rotatable bonds is 1. The fourth-order valence-electron chi connectivity index (χ4n) is 1.34. The second-order valence-electron chi connectivity index (χ2n) is 2.81. The number of hydrogen-bond acceptors (Lipinski definition) is 3. The summed E-state index contributed by atoms with van der Waals surface area (Å²) in [5.41, 5.74) is 1.32. The molecular formula is C9H8BrN3O. The SMILES string of the molecule is CN=Nc1c(O)[nH]c2ccc(Br)cc12. The van der Waals surface area contributed by atoms with Crippen LogP contribution in [0.3, 0.4) is 0 Å². The first kappa shape index (κ1) is 9.21. The van der Waals surface area contributed by atoms with Crippen LogP contribution in [0.1, 0.15) is 0 Å². The maximum Gasteiger partial charge on any atom is 0.218 e. The lowest BCUT2D eigenvalue weighted by atomic mass is 10.2. The summed E-state index contributed by atoms with van der Waals surface area (Å²) in [5, 5.41) is 17.9. The Kier molecular flexibility index (Phi) is 2.25. The average molecular weight is 254 g/mol. The molecule has 1 aromatic carbocycles. The van der Waals surface area contributed by atoms with Gasteiger partial charge in [-0.3, -0.25) is 0 Å². The molecule has 72 valence electrons. The third kappa shape index (κ3) is 1.39. The predicted octanol–water partition coefficient (Wildman–Crippen LogP) is 3.35. The van der Waals surface area contributed by atoms with E-state index >= 15 is 0 Å². The number of nitrogens with one attached hydrogen (secondary N) is 1. The molecule has 0 aliphatic heterocycles. The number of azo groups is 1. The number of hydrogen-bond donors (Lipinski definition) is 2. The minimum atomic E-state index is 0.0451. The lowest BCUT2D eigenvalue weighted by Gasteiger charge is -1.91. The lowest BCUT2D eigenvalue weighted by molar-refractivity contribution is 0.459. The van der Waals surface area contributed by atoms with Gasteiger partial charge in [-0.1, -0.05) is 15.9 Å². The number of nitrogens with zero attached hydrogens (tertiary/aromatic N) is 2. The summed E-state index contributed by atoms with van der Waals surface area (Å²) in [5.74, 6) is 0.0451. The van der Waals surface area contributed by atoms with Crippen molar-refractivity contribution in [3.63, 3.8) is 0 Å². The summed E-state index contributed by atoms with van der Waals surface area (Å²) in [6.07, 6.45) is 0. The van der Waals surface area contributed by atoms with Crippen LogP contribution >= 0.6 is 15.9 Å². The van der Waals surface area contributed by atoms with Gasteiger partial charge in [0.05, 0.1) is 5.52 Å². The Morgan fingerprint density at radius 2 is 2.21 bits per heavy atom. The van der Waals surface area contributed by atoms with E-state index in [2.05, 4.69) is 31.1 Å². The van der Waals surface area contributed by atoms with Crippen molar-refractivity contribution in [1.82, 2.24) is 4.98 Å². The van der Waals surface area contributed by atoms with Crippen LogP contribution in [0.15, 0.2) is 32.9 Å². The van der Waals surface area contributed by atoms with Gasteiger partial charge in [-0.25, -0.2) is 0 Å². The van der Waals surface area contributed by atoms with Crippen molar-refractivity contribution in [2.45, 2.75) is 0 Å². The van der Waals surface area contributed by atoms with Gasteiger partial charge in [-0.15, -0.1) is 5.11 Å². The van der Waals surface area contributed by atoms with Gasteiger partial charge in [0.25, 0.3) is 0 Å². The van der Waals surface area contributed by atoms with Gasteiger partial charge in [0, 0.05) is 16.9 Å². The zero-order chi connectivity index (χ0) is 10.1. The minimum absolute atomic E-state index is 0.0451. The van der Waals surface area contributed by atoms with Gasteiger partial charge in [-0.2, -0.15) is 5.11 Å². The molecule has 1 heterocycles. The fraction of sp³-hybridized carbons (Fsp3) is 0.111. The van der Waals surface area contributed by atoms with E-state index in [4.69, 9.17) is 0 Å². The molecule has 2 rings (SSSR count). The van der Waals surface area contributed by atoms with Crippen LogP contribution in [0.2, 0.25) is 0 Å². The van der Waals surface area contributed by atoms with Crippen LogP contribution in [0.25, 0.3) is 10.9 Å². The topological polar surface area (TPSA) is 60.7 Å². The molecule has 0 unspecified atom stereocenters. The van der Waals surface area contributed by atoms with Gasteiger partial charge in [0.1, 0.15) is 0 Å². The number of aromatic amines is 1. The van der Waals surface area contributed by atoms with E-state index in [1.807, 2.05) is 18.2 Å². The van der Waals surface area contributed by atoms with Crippen LogP contribution in [0, 0.1) is 0 Å². The molecule has 5 heteroatoms. The van der Waals surface area contributed by atoms with E-state index < -0.39 is 0 Å². The molecule has 0 amide bonds. The Balaban J connectivity index is 2.79. The number of halogens is 1. The highest BCUT2D eigenvalue weighted by Crippen LogP contribution is 2.36. The highest BCUT2D eigenvalue weighted by atomic mass is 79.9. The fourth-order valence-corrected chi connectivity index (χ4v) is 1.70. The van der Waals surface area contributed by atoms with E-state index in [0.29, 0.717) is 5.69 Å². The summed E-state index contributed by atoms with van der Waals surface area (Å²) in [4.78, 5) is 2.82. The Morgan fingerprint density at radius 1 is 1.43 bits per heavy atom. The smallest absolute Gasteiger partial charge is 0.218 e. The quantitative estimate of drug-likeness (QED) is 0.753. The zero-order valence-corrected chi connectivity index (χ0v) is 9.04. The number of benzene rings is 1. The number of H-pyrrole nitrogens is 1. The molecule has 0 fully saturated rings. The van der Waals surface area contributed by atoms with Crippen molar-refractivity contribution in [1.29, 1.82) is 0 Å². The first-order valence-electron chi connectivity index (χ1n) is 4.02. The molecular weight excluding hydrogens is 246 g/mol. The van der Waals surface area contributed by atoms with E-state index in [1.54, 1.807) is 7.05 Å². The van der Waals surface area contributed by atoms with Crippen molar-refractivity contribution >= 4 is 32.5 Å². The summed E-state index contributed by atoms with van der Waals surface area (Å²) in [6, 6.07) is 5.65. The number of aromatic nitrogens is 1. The molecule has 0 radical (unpaired) electrons. The summed E-state index contributed by atoms with van der Waals surface area (Å²) in [7, 11) is 1.57. The Morgan fingerprint density at radius 3 is 2.93 bits per heavy atom. The Bertz CT molecular complexity index is 504. The molecule has 2 aromatic rings. The molecule has 1 aromatic heterocycles. The maximum atomic E-state index is 9.53. The lowest BCUT2D eigenvalue weighted by Crippen LogP contribution is -1.67. The van der Waals surface area contributed by atoms with Crippen molar-refractivity contribution < 1.29 is 5.11 Å². The molecule has 0 aliphatic rings. The highest BCUT2D eigenvalue weighted by Gasteiger charge is 2.09. The van der Waals surface area contributed by atoms with Crippen LogP contribution in [0.4, 0.5) is 5.69 Å². The van der Waals surface area contributed by atoms with Crippen molar-refractivity contribution in [3.8, 4) is 5.88 Å². The molecule has 0 atom stereocenters. The monoisotopic (exact) mass is 253 g/mol. The largest absolute Gasteiger partial charge is 0.493 e. The summed E-state index contributed by atoms with van der Waals surface area (Å²) >= 11 is 3.36. The molecule has 0 bridgehead atoms. The molecule has 0 spiro atoms. The third-order valence-corrected chi connectivity index (χ3v) is 2.41. The van der Waals surface area contributed by atoms with Crippen molar-refractivity contribution in [3.05, 3.63) is 22.7 Å². The second-order valence-corrected chi connectivity index (χ2v) is 3.73. The highest BCUT2D eigenvalue weighted by molar-refractivity contribution is 9.10. The van der Waals surface area contributed by atoms with Crippen molar-refractivity contribution in [2.75, 3.05) is 7.05 Å². The van der Waals surface area contributed by atoms with Gasteiger partial charge in [0.15, 0.2) is 5.69 Å². The van der Waals surface area contributed by atoms with Gasteiger partial charge in [-0.05, 0) is 18.2 Å². The average Bonchev–Trinajstić information content (AvgIpc) is 2.45. The number of fused-ring (bicyclic) bond motifs is 1. The van der Waals surface area contributed by atoms with Crippen LogP contribution in [0.5, 0.6) is 5.88 Å². The maximum absolute atomic E-state index is 9.53. The summed E-state index contributed by atoms with van der Waals surface area (Å²) in [6.45, 7) is 0. The van der Waals surface area contributed by atoms with Gasteiger partial charge >= 0.3 is 0 Å². The normalized spacial score (nSPS) is 11.6. The third-order valence-electron chi connectivity index (χ3n) is 1.91. The predicted molar refractivity (Wildman–Crippen MR) is 58.1 cm³/mol. The van der Waals surface area contributed by atoms with Gasteiger partial charge in [0.2, 0.25) is 5.88 Å². The molecule has 4 nitrogen and oxygen atoms in total. The molecule has 14 heavy (non-hydrogen) atoms. The Hall–Kier alpha value is -1.36. The first-order valence-corrected chi connectivity index (χ1v) is 4.81. The summed E-state index contributed by atoms with van der Waals surface area (Å²) < 4.78 is 0.941. The number of aromatic hydroxyl groups is 1. The Labute approximate surface area is 88.8 Å². The van der Waals surface area contributed by atoms with E-state index in [1.165, 1.54) is 0 Å².